The molecule has 0 atom stereocenters. The average Bonchev–Trinajstić information content (AvgIpc) is 2.27. The number of hydrogen-bond donors (Lipinski definition) is 3. The molecule has 1 saturated carbocycles. The zero-order chi connectivity index (χ0) is 15.6. The van der Waals surface area contributed by atoms with Crippen molar-refractivity contribution in [1.82, 2.24) is 5.32 Å². The molecule has 5 heteroatoms. The molecule has 1 aliphatic rings. The number of carboxylic acids is 1. The van der Waals surface area contributed by atoms with E-state index in [4.69, 9.17) is 5.73 Å². The first kappa shape index (κ1) is 17.0. The molecule has 0 aromatic carbocycles. The number of nitrogens with two attached hydrogens (primary N) is 1. The predicted molar refractivity (Wildman–Crippen MR) is 78.3 cm³/mol. The smallest absolute Gasteiger partial charge is 0.311 e. The molecule has 0 radical (unpaired) electrons. The second-order valence-electron chi connectivity index (χ2n) is 7.20. The van der Waals surface area contributed by atoms with Crippen LogP contribution in [0, 0.1) is 5.41 Å². The SMILES string of the molecule is CC(C)(NC(=O)CC1(N)CCCCC1)C(C)(C)C(=O)O. The van der Waals surface area contributed by atoms with Crippen molar-refractivity contribution in [3.05, 3.63) is 0 Å². The molecular weight excluding hydrogens is 256 g/mol. The quantitative estimate of drug-likeness (QED) is 0.720. The van der Waals surface area contributed by atoms with Crippen LogP contribution in [0.25, 0.3) is 0 Å². The molecule has 0 aromatic heterocycles. The maximum absolute atomic E-state index is 12.2. The van der Waals surface area contributed by atoms with Gasteiger partial charge in [0.2, 0.25) is 5.91 Å². The third-order valence-electron chi connectivity index (χ3n) is 4.91. The van der Waals surface area contributed by atoms with Crippen LogP contribution in [0.4, 0.5) is 0 Å². The number of carbonyl (C=O) groups is 2. The van der Waals surface area contributed by atoms with Crippen molar-refractivity contribution in [2.24, 2.45) is 11.1 Å². The molecule has 116 valence electrons. The van der Waals surface area contributed by atoms with Crippen LogP contribution in [0.15, 0.2) is 0 Å². The molecule has 1 fully saturated rings. The minimum absolute atomic E-state index is 0.159. The van der Waals surface area contributed by atoms with Crippen molar-refractivity contribution in [1.29, 1.82) is 0 Å². The van der Waals surface area contributed by atoms with Crippen molar-refractivity contribution < 1.29 is 14.7 Å². The fourth-order valence-corrected chi connectivity index (χ4v) is 2.57. The van der Waals surface area contributed by atoms with Crippen LogP contribution in [-0.2, 0) is 9.59 Å². The van der Waals surface area contributed by atoms with Crippen molar-refractivity contribution in [3.8, 4) is 0 Å². The van der Waals surface area contributed by atoms with E-state index in [1.165, 1.54) is 6.42 Å². The van der Waals surface area contributed by atoms with Gasteiger partial charge in [-0.25, -0.2) is 0 Å². The maximum atomic E-state index is 12.2. The summed E-state index contributed by atoms with van der Waals surface area (Å²) in [5.41, 5.74) is 3.97. The van der Waals surface area contributed by atoms with Crippen LogP contribution < -0.4 is 11.1 Å². The Morgan fingerprint density at radius 3 is 2.10 bits per heavy atom. The number of aliphatic carboxylic acids is 1. The highest BCUT2D eigenvalue weighted by Crippen LogP contribution is 2.32. The summed E-state index contributed by atoms with van der Waals surface area (Å²) in [5, 5.41) is 12.1. The standard InChI is InChI=1S/C15H28N2O3/c1-13(2,12(19)20)14(3,4)17-11(18)10-15(16)8-6-5-7-9-15/h5-10,16H2,1-4H3,(H,17,18)(H,19,20). The van der Waals surface area contributed by atoms with E-state index in [2.05, 4.69) is 5.32 Å². The molecule has 5 nitrogen and oxygen atoms in total. The molecule has 0 saturated heterocycles. The summed E-state index contributed by atoms with van der Waals surface area (Å²) in [6.45, 7) is 6.72. The Labute approximate surface area is 121 Å². The molecule has 4 N–H and O–H groups in total. The fraction of sp³-hybridized carbons (Fsp3) is 0.867. The van der Waals surface area contributed by atoms with Gasteiger partial charge in [-0.2, -0.15) is 0 Å². The molecule has 0 heterocycles. The third-order valence-corrected chi connectivity index (χ3v) is 4.91. The Morgan fingerprint density at radius 1 is 1.15 bits per heavy atom. The van der Waals surface area contributed by atoms with Gasteiger partial charge in [-0.15, -0.1) is 0 Å². The van der Waals surface area contributed by atoms with Crippen LogP contribution in [0.1, 0.15) is 66.2 Å². The first-order valence-corrected chi connectivity index (χ1v) is 7.33. The highest BCUT2D eigenvalue weighted by atomic mass is 16.4. The lowest BCUT2D eigenvalue weighted by molar-refractivity contribution is -0.151. The van der Waals surface area contributed by atoms with E-state index in [0.717, 1.165) is 25.7 Å². The Hall–Kier alpha value is -1.10. The second kappa shape index (κ2) is 5.72. The number of nitrogens with one attached hydrogen (secondary N) is 1. The molecule has 1 aliphatic carbocycles. The van der Waals surface area contributed by atoms with E-state index in [-0.39, 0.29) is 12.3 Å². The third kappa shape index (κ3) is 3.72. The molecule has 1 amide bonds. The van der Waals surface area contributed by atoms with Gasteiger partial charge in [0.15, 0.2) is 0 Å². The number of carboxylic acid groups (broad SMARTS) is 1. The molecule has 1 rings (SSSR count). The van der Waals surface area contributed by atoms with Crippen LogP contribution in [0.5, 0.6) is 0 Å². The van der Waals surface area contributed by atoms with E-state index >= 15 is 0 Å². The Morgan fingerprint density at radius 2 is 1.65 bits per heavy atom. The molecule has 0 aliphatic heterocycles. The molecule has 20 heavy (non-hydrogen) atoms. The van der Waals surface area contributed by atoms with Gasteiger partial charge in [-0.1, -0.05) is 19.3 Å². The number of carbonyl (C=O) groups excluding carboxylic acids is 1. The summed E-state index contributed by atoms with van der Waals surface area (Å²) < 4.78 is 0. The van der Waals surface area contributed by atoms with Crippen LogP contribution >= 0.6 is 0 Å². The topological polar surface area (TPSA) is 92.4 Å². The summed E-state index contributed by atoms with van der Waals surface area (Å²) in [6.07, 6.45) is 5.30. The lowest BCUT2D eigenvalue weighted by Gasteiger charge is -2.40. The van der Waals surface area contributed by atoms with E-state index in [1.54, 1.807) is 27.7 Å². The van der Waals surface area contributed by atoms with Crippen LogP contribution in [0.3, 0.4) is 0 Å². The van der Waals surface area contributed by atoms with Crippen LogP contribution in [0.2, 0.25) is 0 Å². The molecule has 0 unspecified atom stereocenters. The summed E-state index contributed by atoms with van der Waals surface area (Å²) >= 11 is 0. The Kier molecular flexibility index (Phi) is 4.85. The van der Waals surface area contributed by atoms with Crippen molar-refractivity contribution in [2.75, 3.05) is 0 Å². The highest BCUT2D eigenvalue weighted by Gasteiger charge is 2.45. The second-order valence-corrected chi connectivity index (χ2v) is 7.20. The van der Waals surface area contributed by atoms with E-state index in [9.17, 15) is 14.7 Å². The number of amides is 1. The Balaban J connectivity index is 2.67. The van der Waals surface area contributed by atoms with Gasteiger partial charge < -0.3 is 16.2 Å². The predicted octanol–water partition coefficient (Wildman–Crippen LogP) is 2.04. The Bertz CT molecular complexity index is 383. The number of hydrogen-bond acceptors (Lipinski definition) is 3. The first-order chi connectivity index (χ1) is 9.00. The minimum atomic E-state index is -1.04. The van der Waals surface area contributed by atoms with E-state index < -0.39 is 22.5 Å². The normalized spacial score (nSPS) is 19.4. The lowest BCUT2D eigenvalue weighted by Crippen LogP contribution is -2.58. The lowest BCUT2D eigenvalue weighted by atomic mass is 9.74. The first-order valence-electron chi connectivity index (χ1n) is 7.33. The zero-order valence-electron chi connectivity index (χ0n) is 13.1. The summed E-state index contributed by atoms with van der Waals surface area (Å²) in [5.74, 6) is -1.09. The molecular formula is C15H28N2O3. The van der Waals surface area contributed by atoms with Crippen LogP contribution in [-0.4, -0.2) is 28.1 Å². The van der Waals surface area contributed by atoms with Crippen molar-refractivity contribution in [2.45, 2.75) is 77.3 Å². The minimum Gasteiger partial charge on any atom is -0.481 e. The van der Waals surface area contributed by atoms with E-state index in [1.807, 2.05) is 0 Å². The van der Waals surface area contributed by atoms with Crippen molar-refractivity contribution in [3.63, 3.8) is 0 Å². The largest absolute Gasteiger partial charge is 0.481 e. The van der Waals surface area contributed by atoms with Gasteiger partial charge in [0.1, 0.15) is 0 Å². The summed E-state index contributed by atoms with van der Waals surface area (Å²) in [6, 6.07) is 0. The van der Waals surface area contributed by atoms with Gasteiger partial charge in [0, 0.05) is 17.5 Å². The van der Waals surface area contributed by atoms with E-state index in [0.29, 0.717) is 0 Å². The van der Waals surface area contributed by atoms with Gasteiger partial charge >= 0.3 is 5.97 Å². The number of rotatable bonds is 5. The van der Waals surface area contributed by atoms with Gasteiger partial charge in [-0.3, -0.25) is 9.59 Å². The molecule has 0 aromatic rings. The van der Waals surface area contributed by atoms with Gasteiger partial charge in [0.25, 0.3) is 0 Å². The summed E-state index contributed by atoms with van der Waals surface area (Å²) in [4.78, 5) is 23.5. The van der Waals surface area contributed by atoms with Gasteiger partial charge in [0.05, 0.1) is 5.41 Å². The monoisotopic (exact) mass is 284 g/mol. The summed E-state index contributed by atoms with van der Waals surface area (Å²) in [7, 11) is 0. The van der Waals surface area contributed by atoms with Crippen molar-refractivity contribution >= 4 is 11.9 Å². The molecule has 0 bridgehead atoms. The highest BCUT2D eigenvalue weighted by molar-refractivity contribution is 5.81. The van der Waals surface area contributed by atoms with Gasteiger partial charge in [-0.05, 0) is 40.5 Å². The molecule has 0 spiro atoms. The zero-order valence-corrected chi connectivity index (χ0v) is 13.1. The average molecular weight is 284 g/mol. The fourth-order valence-electron chi connectivity index (χ4n) is 2.57. The maximum Gasteiger partial charge on any atom is 0.311 e.